The van der Waals surface area contributed by atoms with Crippen molar-refractivity contribution in [1.82, 2.24) is 4.90 Å². The average Bonchev–Trinajstić information content (AvgIpc) is 2.41. The van der Waals surface area contributed by atoms with Crippen LogP contribution in [0.2, 0.25) is 0 Å². The Balaban J connectivity index is 1.91. The van der Waals surface area contributed by atoms with Crippen molar-refractivity contribution in [2.24, 2.45) is 5.92 Å². The first kappa shape index (κ1) is 15.9. The van der Waals surface area contributed by atoms with Crippen LogP contribution in [0.5, 0.6) is 0 Å². The second kappa shape index (κ2) is 6.56. The number of hydrogen-bond acceptors (Lipinski definition) is 3. The molecule has 0 spiro atoms. The summed E-state index contributed by atoms with van der Waals surface area (Å²) in [6.07, 6.45) is -1.25. The van der Waals surface area contributed by atoms with E-state index in [1.165, 1.54) is 12.1 Å². The second-order valence-corrected chi connectivity index (χ2v) is 5.76. The fraction of sp³-hybridized carbons (Fsp3) is 0.600. The van der Waals surface area contributed by atoms with Crippen molar-refractivity contribution in [1.29, 1.82) is 0 Å². The third kappa shape index (κ3) is 4.52. The minimum atomic E-state index is -4.38. The van der Waals surface area contributed by atoms with E-state index in [4.69, 9.17) is 5.73 Å². The molecule has 3 N–H and O–H groups in total. The Labute approximate surface area is 123 Å². The highest BCUT2D eigenvalue weighted by Gasteiger charge is 2.33. The lowest BCUT2D eigenvalue weighted by Gasteiger charge is -2.29. The first-order valence-corrected chi connectivity index (χ1v) is 7.25. The lowest BCUT2D eigenvalue weighted by Crippen LogP contribution is -2.30. The van der Waals surface area contributed by atoms with Gasteiger partial charge in [0.1, 0.15) is 0 Å². The molecule has 1 aliphatic heterocycles. The molecule has 3 nitrogen and oxygen atoms in total. The summed E-state index contributed by atoms with van der Waals surface area (Å²) in [5.74, 6) is 0.594. The molecule has 21 heavy (non-hydrogen) atoms. The molecule has 1 aromatic carbocycles. The van der Waals surface area contributed by atoms with Gasteiger partial charge in [0.05, 0.1) is 5.56 Å². The minimum Gasteiger partial charge on any atom is -0.399 e. The molecule has 1 heterocycles. The van der Waals surface area contributed by atoms with Crippen LogP contribution in [0.15, 0.2) is 18.2 Å². The van der Waals surface area contributed by atoms with Gasteiger partial charge in [-0.2, -0.15) is 13.2 Å². The summed E-state index contributed by atoms with van der Waals surface area (Å²) in [7, 11) is 2.10. The maximum absolute atomic E-state index is 13.0. The van der Waals surface area contributed by atoms with Crippen molar-refractivity contribution in [3.63, 3.8) is 0 Å². The number of nitrogens with zero attached hydrogens (tertiary/aromatic N) is 1. The van der Waals surface area contributed by atoms with E-state index in [9.17, 15) is 13.2 Å². The summed E-state index contributed by atoms with van der Waals surface area (Å²) in [5.41, 5.74) is 5.00. The first-order valence-electron chi connectivity index (χ1n) is 7.25. The fourth-order valence-corrected chi connectivity index (χ4v) is 2.71. The molecular formula is C15H22F3N3. The molecule has 0 radical (unpaired) electrons. The highest BCUT2D eigenvalue weighted by Crippen LogP contribution is 2.36. The summed E-state index contributed by atoms with van der Waals surface area (Å²) >= 11 is 0. The molecule has 0 aliphatic carbocycles. The maximum atomic E-state index is 13.0. The van der Waals surface area contributed by atoms with E-state index in [0.29, 0.717) is 12.5 Å². The predicted octanol–water partition coefficient (Wildman–Crippen LogP) is 3.43. The Morgan fingerprint density at radius 1 is 1.29 bits per heavy atom. The van der Waals surface area contributed by atoms with Crippen LogP contribution >= 0.6 is 0 Å². The number of alkyl halides is 3. The maximum Gasteiger partial charge on any atom is 0.418 e. The van der Waals surface area contributed by atoms with E-state index in [-0.39, 0.29) is 11.4 Å². The Morgan fingerprint density at radius 2 is 1.95 bits per heavy atom. The van der Waals surface area contributed by atoms with Gasteiger partial charge >= 0.3 is 6.18 Å². The van der Waals surface area contributed by atoms with Crippen LogP contribution in [-0.2, 0) is 6.18 Å². The summed E-state index contributed by atoms with van der Waals surface area (Å²) in [6.45, 7) is 2.70. The number of anilines is 2. The molecule has 0 unspecified atom stereocenters. The second-order valence-electron chi connectivity index (χ2n) is 5.76. The number of rotatable bonds is 4. The van der Waals surface area contributed by atoms with Crippen molar-refractivity contribution >= 4 is 11.4 Å². The highest BCUT2D eigenvalue weighted by molar-refractivity contribution is 5.59. The van der Waals surface area contributed by atoms with Gasteiger partial charge in [0, 0.05) is 17.9 Å². The van der Waals surface area contributed by atoms with E-state index in [1.807, 2.05) is 0 Å². The van der Waals surface area contributed by atoms with Crippen LogP contribution in [0.4, 0.5) is 24.5 Å². The Bertz CT molecular complexity index is 466. The molecule has 2 rings (SSSR count). The predicted molar refractivity (Wildman–Crippen MR) is 79.2 cm³/mol. The van der Waals surface area contributed by atoms with Gasteiger partial charge in [-0.05, 0) is 63.5 Å². The SMILES string of the molecule is CN1CCC(CCNc2ccc(N)cc2C(F)(F)F)CC1. The number of halogens is 3. The molecule has 0 aromatic heterocycles. The van der Waals surface area contributed by atoms with Gasteiger partial charge in [0.2, 0.25) is 0 Å². The van der Waals surface area contributed by atoms with E-state index >= 15 is 0 Å². The Hall–Kier alpha value is -1.43. The Morgan fingerprint density at radius 3 is 2.57 bits per heavy atom. The van der Waals surface area contributed by atoms with Crippen molar-refractivity contribution < 1.29 is 13.2 Å². The van der Waals surface area contributed by atoms with Gasteiger partial charge < -0.3 is 16.0 Å². The van der Waals surface area contributed by atoms with Gasteiger partial charge in [-0.1, -0.05) is 0 Å². The zero-order valence-electron chi connectivity index (χ0n) is 12.2. The molecular weight excluding hydrogens is 279 g/mol. The van der Waals surface area contributed by atoms with Gasteiger partial charge in [-0.25, -0.2) is 0 Å². The van der Waals surface area contributed by atoms with Crippen LogP contribution in [0, 0.1) is 5.92 Å². The third-order valence-electron chi connectivity index (χ3n) is 4.06. The zero-order valence-corrected chi connectivity index (χ0v) is 12.2. The first-order chi connectivity index (χ1) is 9.86. The largest absolute Gasteiger partial charge is 0.418 e. The molecule has 1 aromatic rings. The normalized spacial score (nSPS) is 17.9. The molecule has 0 bridgehead atoms. The van der Waals surface area contributed by atoms with E-state index in [2.05, 4.69) is 17.3 Å². The highest BCUT2D eigenvalue weighted by atomic mass is 19.4. The number of nitrogens with one attached hydrogen (secondary N) is 1. The number of hydrogen-bond donors (Lipinski definition) is 2. The monoisotopic (exact) mass is 301 g/mol. The van der Waals surface area contributed by atoms with Crippen molar-refractivity contribution in [3.8, 4) is 0 Å². The van der Waals surface area contributed by atoms with Crippen LogP contribution in [-0.4, -0.2) is 31.6 Å². The molecule has 6 heteroatoms. The van der Waals surface area contributed by atoms with Gasteiger partial charge in [-0.3, -0.25) is 0 Å². The van der Waals surface area contributed by atoms with Gasteiger partial charge in [0.25, 0.3) is 0 Å². The third-order valence-corrected chi connectivity index (χ3v) is 4.06. The molecule has 1 fully saturated rings. The van der Waals surface area contributed by atoms with E-state index < -0.39 is 11.7 Å². The zero-order chi connectivity index (χ0) is 15.5. The average molecular weight is 301 g/mol. The van der Waals surface area contributed by atoms with Crippen LogP contribution in [0.3, 0.4) is 0 Å². The lowest BCUT2D eigenvalue weighted by atomic mass is 9.94. The van der Waals surface area contributed by atoms with Crippen LogP contribution < -0.4 is 11.1 Å². The van der Waals surface area contributed by atoms with Crippen molar-refractivity contribution in [2.45, 2.75) is 25.4 Å². The molecule has 1 saturated heterocycles. The summed E-state index contributed by atoms with van der Waals surface area (Å²) in [6, 6.07) is 3.89. The van der Waals surface area contributed by atoms with Crippen LogP contribution in [0.25, 0.3) is 0 Å². The number of benzene rings is 1. The Kier molecular flexibility index (Phi) is 4.98. The van der Waals surface area contributed by atoms with Crippen molar-refractivity contribution in [2.75, 3.05) is 37.7 Å². The molecule has 1 aliphatic rings. The smallest absolute Gasteiger partial charge is 0.399 e. The van der Waals surface area contributed by atoms with E-state index in [0.717, 1.165) is 38.4 Å². The summed E-state index contributed by atoms with van der Waals surface area (Å²) in [5, 5.41) is 2.92. The number of piperidine rings is 1. The molecule has 0 saturated carbocycles. The minimum absolute atomic E-state index is 0.115. The molecule has 0 atom stereocenters. The standard InChI is InChI=1S/C15H22F3N3/c1-21-8-5-11(6-9-21)4-7-20-14-3-2-12(19)10-13(14)15(16,17)18/h2-3,10-11,20H,4-9,19H2,1H3. The van der Waals surface area contributed by atoms with Crippen LogP contribution in [0.1, 0.15) is 24.8 Å². The van der Waals surface area contributed by atoms with Gasteiger partial charge in [-0.15, -0.1) is 0 Å². The number of nitrogen functional groups attached to an aromatic ring is 1. The topological polar surface area (TPSA) is 41.3 Å². The van der Waals surface area contributed by atoms with Crippen molar-refractivity contribution in [3.05, 3.63) is 23.8 Å². The molecule has 0 amide bonds. The summed E-state index contributed by atoms with van der Waals surface area (Å²) < 4.78 is 38.9. The van der Waals surface area contributed by atoms with Gasteiger partial charge in [0.15, 0.2) is 0 Å². The lowest BCUT2D eigenvalue weighted by molar-refractivity contribution is -0.136. The quantitative estimate of drug-likeness (QED) is 0.837. The number of nitrogens with two attached hydrogens (primary N) is 1. The van der Waals surface area contributed by atoms with E-state index in [1.54, 1.807) is 0 Å². The number of likely N-dealkylation sites (tertiary alicyclic amines) is 1. The summed E-state index contributed by atoms with van der Waals surface area (Å²) in [4.78, 5) is 2.28. The molecule has 118 valence electrons. The fourth-order valence-electron chi connectivity index (χ4n) is 2.71.